The lowest BCUT2D eigenvalue weighted by molar-refractivity contribution is -0.0287. The van der Waals surface area contributed by atoms with E-state index in [0.717, 1.165) is 0 Å². The molecule has 0 atom stereocenters. The minimum Gasteiger partial charge on any atom is -0.394 e. The van der Waals surface area contributed by atoms with E-state index in [4.69, 9.17) is 66.5 Å². The summed E-state index contributed by atoms with van der Waals surface area (Å²) in [6, 6.07) is 0. The fourth-order valence-corrected chi connectivity index (χ4v) is 3.06. The van der Waals surface area contributed by atoms with Crippen LogP contribution in [0.25, 0.3) is 0 Å². The molecule has 0 bridgehead atoms. The Morgan fingerprint density at radius 3 is 0.614 bits per heavy atom. The van der Waals surface area contributed by atoms with Gasteiger partial charge in [-0.1, -0.05) is 0 Å². The molecule has 0 aliphatic carbocycles. The van der Waals surface area contributed by atoms with Gasteiger partial charge in [-0.3, -0.25) is 4.55 Å². The first-order chi connectivity index (χ1) is 21.6. The van der Waals surface area contributed by atoms with E-state index in [1.807, 2.05) is 0 Å². The second-order valence-corrected chi connectivity index (χ2v) is 9.41. The molecule has 0 fully saturated rings. The predicted molar refractivity (Wildman–Crippen MR) is 154 cm³/mol. The van der Waals surface area contributed by atoms with E-state index >= 15 is 0 Å². The van der Waals surface area contributed by atoms with E-state index in [1.165, 1.54) is 0 Å². The zero-order valence-electron chi connectivity index (χ0n) is 25.8. The average molecular weight is 671 g/mol. The summed E-state index contributed by atoms with van der Waals surface area (Å²) in [5, 5.41) is 8.57. The lowest BCUT2D eigenvalue weighted by Crippen LogP contribution is -2.15. The van der Waals surface area contributed by atoms with Crippen LogP contribution in [0, 0.1) is 0 Å². The average Bonchev–Trinajstić information content (AvgIpc) is 3.00. The minimum absolute atomic E-state index is 0.0171. The summed E-state index contributed by atoms with van der Waals surface area (Å²) in [6.07, 6.45) is 0. The van der Waals surface area contributed by atoms with Crippen molar-refractivity contribution in [2.75, 3.05) is 172 Å². The van der Waals surface area contributed by atoms with Gasteiger partial charge in [0.25, 0.3) is 0 Å². The molecular weight excluding hydrogens is 616 g/mol. The van der Waals surface area contributed by atoms with Crippen LogP contribution in [0.4, 0.5) is 0 Å². The molecule has 266 valence electrons. The highest BCUT2D eigenvalue weighted by Crippen LogP contribution is 1.89. The maximum absolute atomic E-state index is 10.3. The number of hydrogen-bond donors (Lipinski definition) is 2. The second-order valence-electron chi connectivity index (χ2n) is 8.32. The summed E-state index contributed by atoms with van der Waals surface area (Å²) in [5.74, 6) is 0. The van der Waals surface area contributed by atoms with E-state index in [0.29, 0.717) is 145 Å². The molecule has 0 spiro atoms. The largest absolute Gasteiger partial charge is 0.397 e. The summed E-state index contributed by atoms with van der Waals surface area (Å²) in [6.45, 7) is 10.1. The van der Waals surface area contributed by atoms with Crippen molar-refractivity contribution in [1.82, 2.24) is 0 Å². The van der Waals surface area contributed by atoms with Crippen LogP contribution in [-0.2, 0) is 71.4 Å². The van der Waals surface area contributed by atoms with Gasteiger partial charge in [0, 0.05) is 0 Å². The van der Waals surface area contributed by atoms with Crippen LogP contribution >= 0.6 is 0 Å². The SMILES string of the molecule is O=S(=O)(O)OCCOCCOCCOCCOCCOCCOCCOCCOCCOCCOCCOCCOCCO. The van der Waals surface area contributed by atoms with Gasteiger partial charge in [0.05, 0.1) is 172 Å². The quantitative estimate of drug-likeness (QED) is 0.0596. The van der Waals surface area contributed by atoms with Crippen molar-refractivity contribution >= 4 is 10.4 Å². The molecule has 0 heterocycles. The van der Waals surface area contributed by atoms with Crippen LogP contribution < -0.4 is 0 Å². The van der Waals surface area contributed by atoms with Crippen LogP contribution in [0.5, 0.6) is 0 Å². The Kier molecular flexibility index (Phi) is 36.3. The van der Waals surface area contributed by atoms with Crippen molar-refractivity contribution in [3.8, 4) is 0 Å². The molecule has 18 heteroatoms. The Bertz CT molecular complexity index is 644. The fraction of sp³-hybridized carbons (Fsp3) is 1.00. The van der Waals surface area contributed by atoms with Gasteiger partial charge in [-0.05, 0) is 0 Å². The molecule has 0 unspecified atom stereocenters. The van der Waals surface area contributed by atoms with Gasteiger partial charge in [-0.2, -0.15) is 8.42 Å². The van der Waals surface area contributed by atoms with Crippen molar-refractivity contribution < 1.29 is 79.1 Å². The van der Waals surface area contributed by atoms with Gasteiger partial charge in [-0.15, -0.1) is 0 Å². The van der Waals surface area contributed by atoms with Crippen molar-refractivity contribution in [2.45, 2.75) is 0 Å². The van der Waals surface area contributed by atoms with Crippen molar-refractivity contribution in [3.63, 3.8) is 0 Å². The highest BCUT2D eigenvalue weighted by Gasteiger charge is 2.03. The van der Waals surface area contributed by atoms with Crippen molar-refractivity contribution in [3.05, 3.63) is 0 Å². The van der Waals surface area contributed by atoms with Crippen LogP contribution in [0.3, 0.4) is 0 Å². The fourth-order valence-electron chi connectivity index (χ4n) is 2.78. The molecule has 0 rings (SSSR count). The van der Waals surface area contributed by atoms with E-state index in [2.05, 4.69) is 4.18 Å². The zero-order chi connectivity index (χ0) is 32.1. The number of ether oxygens (including phenoxy) is 12. The molecule has 0 amide bonds. The first-order valence-electron chi connectivity index (χ1n) is 14.7. The summed E-state index contributed by atoms with van der Waals surface area (Å²) < 4.78 is 97.2. The topological polar surface area (TPSA) is 195 Å². The Hall–Kier alpha value is -0.650. The highest BCUT2D eigenvalue weighted by molar-refractivity contribution is 7.80. The predicted octanol–water partition coefficient (Wildman–Crippen LogP) is -1.00. The van der Waals surface area contributed by atoms with E-state index in [1.54, 1.807) is 0 Å². The number of aliphatic hydroxyl groups excluding tert-OH is 1. The first-order valence-corrected chi connectivity index (χ1v) is 16.1. The van der Waals surface area contributed by atoms with Gasteiger partial charge in [0.1, 0.15) is 0 Å². The molecule has 0 radical (unpaired) electrons. The van der Waals surface area contributed by atoms with Crippen LogP contribution in [0.1, 0.15) is 0 Å². The molecule has 0 saturated carbocycles. The molecule has 0 aromatic heterocycles. The Labute approximate surface area is 261 Å². The van der Waals surface area contributed by atoms with Gasteiger partial charge >= 0.3 is 10.4 Å². The van der Waals surface area contributed by atoms with E-state index in [9.17, 15) is 8.42 Å². The summed E-state index contributed by atoms with van der Waals surface area (Å²) in [5.41, 5.74) is 0. The normalized spacial score (nSPS) is 12.0. The molecule has 0 saturated heterocycles. The molecular formula is C26H54O17S. The Balaban J connectivity index is 3.05. The van der Waals surface area contributed by atoms with Crippen LogP contribution in [0.15, 0.2) is 0 Å². The minimum atomic E-state index is -4.42. The molecule has 0 aliphatic heterocycles. The van der Waals surface area contributed by atoms with Crippen LogP contribution in [0.2, 0.25) is 0 Å². The lowest BCUT2D eigenvalue weighted by atomic mass is 10.6. The van der Waals surface area contributed by atoms with Crippen molar-refractivity contribution in [2.24, 2.45) is 0 Å². The third-order valence-electron chi connectivity index (χ3n) is 4.79. The molecule has 0 aromatic carbocycles. The smallest absolute Gasteiger partial charge is 0.394 e. The Morgan fingerprint density at radius 1 is 0.295 bits per heavy atom. The van der Waals surface area contributed by atoms with Gasteiger partial charge < -0.3 is 61.9 Å². The first kappa shape index (κ1) is 43.4. The molecule has 44 heavy (non-hydrogen) atoms. The molecule has 2 N–H and O–H groups in total. The summed E-state index contributed by atoms with van der Waals surface area (Å²) >= 11 is 0. The molecule has 0 aromatic rings. The number of aliphatic hydroxyl groups is 1. The Morgan fingerprint density at radius 2 is 0.455 bits per heavy atom. The summed E-state index contributed by atoms with van der Waals surface area (Å²) in [7, 11) is -4.42. The third-order valence-corrected chi connectivity index (χ3v) is 5.25. The monoisotopic (exact) mass is 670 g/mol. The van der Waals surface area contributed by atoms with Gasteiger partial charge in [-0.25, -0.2) is 4.18 Å². The molecule has 17 nitrogen and oxygen atoms in total. The zero-order valence-corrected chi connectivity index (χ0v) is 26.6. The van der Waals surface area contributed by atoms with E-state index in [-0.39, 0.29) is 26.4 Å². The summed E-state index contributed by atoms with van der Waals surface area (Å²) in [4.78, 5) is 0. The number of hydrogen-bond acceptors (Lipinski definition) is 16. The standard InChI is InChI=1S/C26H54O17S/c27-1-2-31-3-4-32-5-6-33-7-8-34-9-10-35-11-12-36-13-14-37-15-16-38-17-18-39-19-20-40-21-22-41-23-24-42-25-26-43-44(28,29)30/h27H,1-26H2,(H,28,29,30). The maximum Gasteiger partial charge on any atom is 0.397 e. The van der Waals surface area contributed by atoms with Crippen LogP contribution in [-0.4, -0.2) is 190 Å². The third kappa shape index (κ3) is 41.4. The van der Waals surface area contributed by atoms with Gasteiger partial charge in [0.2, 0.25) is 0 Å². The van der Waals surface area contributed by atoms with E-state index < -0.39 is 10.4 Å². The second kappa shape index (κ2) is 36.8. The number of rotatable bonds is 39. The van der Waals surface area contributed by atoms with Crippen molar-refractivity contribution in [1.29, 1.82) is 0 Å². The lowest BCUT2D eigenvalue weighted by Gasteiger charge is -2.09. The van der Waals surface area contributed by atoms with Gasteiger partial charge in [0.15, 0.2) is 0 Å². The molecule has 0 aliphatic rings. The highest BCUT2D eigenvalue weighted by atomic mass is 32.3. The maximum atomic E-state index is 10.3.